The molecular weight excluding hydrogens is 270 g/mol. The molecule has 21 heavy (non-hydrogen) atoms. The highest BCUT2D eigenvalue weighted by Gasteiger charge is 2.33. The van der Waals surface area contributed by atoms with Crippen LogP contribution in [-0.2, 0) is 11.3 Å². The number of aromatic hydroxyl groups is 1. The van der Waals surface area contributed by atoms with Crippen molar-refractivity contribution in [3.63, 3.8) is 0 Å². The van der Waals surface area contributed by atoms with Crippen molar-refractivity contribution in [3.8, 4) is 5.75 Å². The van der Waals surface area contributed by atoms with Crippen molar-refractivity contribution in [2.45, 2.75) is 45.3 Å². The molecule has 0 aliphatic heterocycles. The summed E-state index contributed by atoms with van der Waals surface area (Å²) >= 11 is 0. The summed E-state index contributed by atoms with van der Waals surface area (Å²) in [4.78, 5) is 17.1. The zero-order valence-corrected chi connectivity index (χ0v) is 12.5. The van der Waals surface area contributed by atoms with Gasteiger partial charge in [0.15, 0.2) is 0 Å². The van der Waals surface area contributed by atoms with Crippen LogP contribution in [0.1, 0.15) is 31.2 Å². The minimum absolute atomic E-state index is 0.105. The minimum atomic E-state index is -0.776. The molecule has 0 atom stereocenters. The normalized spacial score (nSPS) is 21.3. The van der Waals surface area contributed by atoms with E-state index in [4.69, 9.17) is 5.11 Å². The van der Waals surface area contributed by atoms with Gasteiger partial charge in [-0.15, -0.1) is 0 Å². The van der Waals surface area contributed by atoms with E-state index in [2.05, 4.69) is 10.3 Å². The van der Waals surface area contributed by atoms with Crippen molar-refractivity contribution < 1.29 is 15.0 Å². The molecule has 2 rings (SSSR count). The number of carboxylic acid groups (broad SMARTS) is 1. The third-order valence-electron chi connectivity index (χ3n) is 4.02. The molecule has 1 aliphatic carbocycles. The smallest absolute Gasteiger partial charge is 0.317 e. The summed E-state index contributed by atoms with van der Waals surface area (Å²) in [6.45, 7) is 5.28. The SMILES string of the molecule is CCN(CC(=O)O)C1CC(NCc2nc(C)ccc2O)C1. The molecule has 0 unspecified atom stereocenters. The molecule has 0 spiro atoms. The largest absolute Gasteiger partial charge is 0.506 e. The second-order valence-electron chi connectivity index (χ2n) is 5.58. The van der Waals surface area contributed by atoms with E-state index < -0.39 is 5.97 Å². The summed E-state index contributed by atoms with van der Waals surface area (Å²) in [5.74, 6) is -0.563. The number of nitrogens with zero attached hydrogens (tertiary/aromatic N) is 2. The van der Waals surface area contributed by atoms with Gasteiger partial charge in [0.05, 0.1) is 12.2 Å². The third kappa shape index (κ3) is 4.15. The van der Waals surface area contributed by atoms with Gasteiger partial charge in [0.1, 0.15) is 5.75 Å². The van der Waals surface area contributed by atoms with Gasteiger partial charge >= 0.3 is 5.97 Å². The van der Waals surface area contributed by atoms with E-state index in [0.29, 0.717) is 24.3 Å². The Balaban J connectivity index is 1.77. The standard InChI is InChI=1S/C15H23N3O3/c1-3-18(9-15(20)21)12-6-11(7-12)16-8-13-14(19)5-4-10(2)17-13/h4-5,11-12,16,19H,3,6-9H2,1-2H3,(H,20,21). The van der Waals surface area contributed by atoms with E-state index in [1.165, 1.54) is 0 Å². The molecule has 6 heteroatoms. The maximum absolute atomic E-state index is 10.8. The Morgan fingerprint density at radius 2 is 2.19 bits per heavy atom. The molecule has 1 saturated carbocycles. The number of aromatic nitrogens is 1. The number of carbonyl (C=O) groups is 1. The van der Waals surface area contributed by atoms with Crippen LogP contribution in [0.15, 0.2) is 12.1 Å². The molecule has 116 valence electrons. The Morgan fingerprint density at radius 1 is 1.48 bits per heavy atom. The number of aryl methyl sites for hydroxylation is 1. The van der Waals surface area contributed by atoms with Gasteiger partial charge in [0.25, 0.3) is 0 Å². The summed E-state index contributed by atoms with van der Waals surface area (Å²) < 4.78 is 0. The lowest BCUT2D eigenvalue weighted by molar-refractivity contribution is -0.139. The number of nitrogens with one attached hydrogen (secondary N) is 1. The third-order valence-corrected chi connectivity index (χ3v) is 4.02. The van der Waals surface area contributed by atoms with Crippen molar-refractivity contribution in [1.29, 1.82) is 0 Å². The van der Waals surface area contributed by atoms with Crippen molar-refractivity contribution in [2.75, 3.05) is 13.1 Å². The van der Waals surface area contributed by atoms with Gasteiger partial charge in [-0.2, -0.15) is 0 Å². The monoisotopic (exact) mass is 293 g/mol. The first-order valence-electron chi connectivity index (χ1n) is 7.34. The lowest BCUT2D eigenvalue weighted by Gasteiger charge is -2.42. The van der Waals surface area contributed by atoms with Gasteiger partial charge in [-0.3, -0.25) is 14.7 Å². The molecule has 1 fully saturated rings. The van der Waals surface area contributed by atoms with Gasteiger partial charge in [-0.05, 0) is 38.4 Å². The molecule has 1 aliphatic rings. The van der Waals surface area contributed by atoms with Crippen LogP contribution in [0, 0.1) is 6.92 Å². The second kappa shape index (κ2) is 6.87. The van der Waals surface area contributed by atoms with Crippen molar-refractivity contribution in [1.82, 2.24) is 15.2 Å². The predicted octanol–water partition coefficient (Wildman–Crippen LogP) is 1.12. The quantitative estimate of drug-likeness (QED) is 0.698. The lowest BCUT2D eigenvalue weighted by Crippen LogP contribution is -2.53. The van der Waals surface area contributed by atoms with Gasteiger partial charge < -0.3 is 15.5 Å². The fraction of sp³-hybridized carbons (Fsp3) is 0.600. The summed E-state index contributed by atoms with van der Waals surface area (Å²) in [6, 6.07) is 4.14. The summed E-state index contributed by atoms with van der Waals surface area (Å²) in [5.41, 5.74) is 1.55. The van der Waals surface area contributed by atoms with Crippen LogP contribution in [-0.4, -0.2) is 51.2 Å². The molecule has 0 saturated heterocycles. The van der Waals surface area contributed by atoms with Crippen LogP contribution in [0.5, 0.6) is 5.75 Å². The number of pyridine rings is 1. The highest BCUT2D eigenvalue weighted by atomic mass is 16.4. The number of carboxylic acids is 1. The fourth-order valence-electron chi connectivity index (χ4n) is 2.70. The average molecular weight is 293 g/mol. The molecule has 1 heterocycles. The molecule has 0 aromatic carbocycles. The molecule has 1 aromatic heterocycles. The first-order valence-corrected chi connectivity index (χ1v) is 7.34. The number of likely N-dealkylation sites (N-methyl/N-ethyl adjacent to an activating group) is 1. The minimum Gasteiger partial charge on any atom is -0.506 e. The van der Waals surface area contributed by atoms with Gasteiger partial charge in [-0.25, -0.2) is 0 Å². The van der Waals surface area contributed by atoms with Gasteiger partial charge in [0, 0.05) is 24.3 Å². The Morgan fingerprint density at radius 3 is 2.81 bits per heavy atom. The van der Waals surface area contributed by atoms with E-state index in [0.717, 1.165) is 25.1 Å². The first kappa shape index (κ1) is 15.7. The molecule has 0 radical (unpaired) electrons. The number of hydrogen-bond acceptors (Lipinski definition) is 5. The van der Waals surface area contributed by atoms with Crippen LogP contribution in [0.3, 0.4) is 0 Å². The second-order valence-corrected chi connectivity index (χ2v) is 5.58. The Labute approximate surface area is 124 Å². The Kier molecular flexibility index (Phi) is 5.14. The molecule has 6 nitrogen and oxygen atoms in total. The van der Waals surface area contributed by atoms with E-state index in [9.17, 15) is 9.90 Å². The first-order chi connectivity index (χ1) is 9.99. The molecular formula is C15H23N3O3. The van der Waals surface area contributed by atoms with Gasteiger partial charge in [-0.1, -0.05) is 6.92 Å². The predicted molar refractivity (Wildman–Crippen MR) is 79.2 cm³/mol. The molecule has 0 bridgehead atoms. The molecule has 3 N–H and O–H groups in total. The highest BCUT2D eigenvalue weighted by Crippen LogP contribution is 2.26. The van der Waals surface area contributed by atoms with Crippen LogP contribution in [0.4, 0.5) is 0 Å². The van der Waals surface area contributed by atoms with Gasteiger partial charge in [0.2, 0.25) is 0 Å². The number of rotatable bonds is 7. The van der Waals surface area contributed by atoms with E-state index in [-0.39, 0.29) is 12.3 Å². The highest BCUT2D eigenvalue weighted by molar-refractivity contribution is 5.69. The molecule has 1 aromatic rings. The fourth-order valence-corrected chi connectivity index (χ4v) is 2.70. The van der Waals surface area contributed by atoms with Crippen LogP contribution < -0.4 is 5.32 Å². The van der Waals surface area contributed by atoms with E-state index in [1.54, 1.807) is 12.1 Å². The Bertz CT molecular complexity index is 501. The average Bonchev–Trinajstić information content (AvgIpc) is 2.38. The summed E-state index contributed by atoms with van der Waals surface area (Å²) in [5, 5.41) is 22.0. The van der Waals surface area contributed by atoms with Crippen molar-refractivity contribution in [3.05, 3.63) is 23.5 Å². The number of hydrogen-bond donors (Lipinski definition) is 3. The van der Waals surface area contributed by atoms with Crippen LogP contribution >= 0.6 is 0 Å². The maximum atomic E-state index is 10.8. The van der Waals surface area contributed by atoms with Crippen molar-refractivity contribution in [2.24, 2.45) is 0 Å². The molecule has 0 amide bonds. The number of aliphatic carboxylic acids is 1. The van der Waals surface area contributed by atoms with Crippen molar-refractivity contribution >= 4 is 5.97 Å². The van der Waals surface area contributed by atoms with Crippen LogP contribution in [0.2, 0.25) is 0 Å². The summed E-state index contributed by atoms with van der Waals surface area (Å²) in [7, 11) is 0. The maximum Gasteiger partial charge on any atom is 0.317 e. The lowest BCUT2D eigenvalue weighted by atomic mass is 9.85. The summed E-state index contributed by atoms with van der Waals surface area (Å²) in [6.07, 6.45) is 1.88. The van der Waals surface area contributed by atoms with E-state index >= 15 is 0 Å². The zero-order valence-electron chi connectivity index (χ0n) is 12.5. The topological polar surface area (TPSA) is 85.7 Å². The zero-order chi connectivity index (χ0) is 15.4. The Hall–Kier alpha value is -1.66. The van der Waals surface area contributed by atoms with E-state index in [1.807, 2.05) is 18.7 Å². The van der Waals surface area contributed by atoms with Crippen LogP contribution in [0.25, 0.3) is 0 Å².